The Morgan fingerprint density at radius 3 is 2.56 bits per heavy atom. The number of hydrogen-bond donors (Lipinski definition) is 1. The first-order valence-electron chi connectivity index (χ1n) is 8.53. The van der Waals surface area contributed by atoms with Crippen LogP contribution in [0.15, 0.2) is 57.9 Å². The third-order valence-corrected chi connectivity index (χ3v) is 5.05. The van der Waals surface area contributed by atoms with Crippen molar-refractivity contribution < 1.29 is 14.1 Å². The lowest BCUT2D eigenvalue weighted by molar-refractivity contribution is -0.120. The summed E-state index contributed by atoms with van der Waals surface area (Å²) in [5, 5.41) is 6.57. The van der Waals surface area contributed by atoms with Gasteiger partial charge in [0.15, 0.2) is 0 Å². The highest BCUT2D eigenvalue weighted by molar-refractivity contribution is 8.00. The van der Waals surface area contributed by atoms with E-state index in [1.807, 2.05) is 62.4 Å². The number of hydrogen-bond acceptors (Lipinski definition) is 6. The van der Waals surface area contributed by atoms with Crippen LogP contribution in [-0.2, 0) is 11.3 Å². The van der Waals surface area contributed by atoms with Crippen LogP contribution < -0.4 is 10.1 Å². The fraction of sp³-hybridized carbons (Fsp3) is 0.250. The minimum atomic E-state index is -0.225. The quantitative estimate of drug-likeness (QED) is 0.625. The highest BCUT2D eigenvalue weighted by Crippen LogP contribution is 2.24. The van der Waals surface area contributed by atoms with Crippen LogP contribution in [0.2, 0.25) is 0 Å². The Balaban J connectivity index is 1.54. The SMILES string of the molecule is COc1ccc(-c2noc(CNC(=O)C(C)Sc3ccc(C)cc3)n2)cc1. The molecular weight excluding hydrogens is 362 g/mol. The number of thioether (sulfide) groups is 1. The van der Waals surface area contributed by atoms with Crippen LogP contribution in [0.1, 0.15) is 18.4 Å². The van der Waals surface area contributed by atoms with Crippen LogP contribution in [0.4, 0.5) is 0 Å². The molecule has 140 valence electrons. The van der Waals surface area contributed by atoms with Crippen LogP contribution >= 0.6 is 11.8 Å². The van der Waals surface area contributed by atoms with Crippen LogP contribution in [0.25, 0.3) is 11.4 Å². The van der Waals surface area contributed by atoms with Gasteiger partial charge in [-0.2, -0.15) is 4.98 Å². The van der Waals surface area contributed by atoms with Crippen LogP contribution in [0.3, 0.4) is 0 Å². The van der Waals surface area contributed by atoms with Crippen molar-refractivity contribution >= 4 is 17.7 Å². The lowest BCUT2D eigenvalue weighted by Crippen LogP contribution is -2.30. The lowest BCUT2D eigenvalue weighted by Gasteiger charge is -2.10. The summed E-state index contributed by atoms with van der Waals surface area (Å²) in [5.74, 6) is 1.52. The van der Waals surface area contributed by atoms with Crippen molar-refractivity contribution in [1.29, 1.82) is 0 Å². The average Bonchev–Trinajstić information content (AvgIpc) is 3.17. The first-order valence-corrected chi connectivity index (χ1v) is 9.41. The van der Waals surface area contributed by atoms with Crippen molar-refractivity contribution in [3.8, 4) is 17.1 Å². The summed E-state index contributed by atoms with van der Waals surface area (Å²) in [6, 6.07) is 15.5. The summed E-state index contributed by atoms with van der Waals surface area (Å²) in [6.45, 7) is 4.10. The predicted molar refractivity (Wildman–Crippen MR) is 105 cm³/mol. The minimum Gasteiger partial charge on any atom is -0.497 e. The zero-order valence-corrected chi connectivity index (χ0v) is 16.2. The molecular formula is C20H21N3O3S. The van der Waals surface area contributed by atoms with Crippen molar-refractivity contribution in [2.45, 2.75) is 30.5 Å². The standard InChI is InChI=1S/C20H21N3O3S/c1-13-4-10-17(11-5-13)27-14(2)20(24)21-12-18-22-19(23-26-18)15-6-8-16(25-3)9-7-15/h4-11,14H,12H2,1-3H3,(H,21,24). The van der Waals surface area contributed by atoms with E-state index >= 15 is 0 Å². The van der Waals surface area contributed by atoms with E-state index in [1.165, 1.54) is 17.3 Å². The number of aryl methyl sites for hydroxylation is 1. The molecule has 1 atom stereocenters. The van der Waals surface area contributed by atoms with Gasteiger partial charge in [0.05, 0.1) is 18.9 Å². The molecule has 1 heterocycles. The fourth-order valence-corrected chi connectivity index (χ4v) is 3.26. The Morgan fingerprint density at radius 2 is 1.89 bits per heavy atom. The third-order valence-electron chi connectivity index (χ3n) is 3.93. The predicted octanol–water partition coefficient (Wildman–Crippen LogP) is 3.85. The molecule has 0 fully saturated rings. The van der Waals surface area contributed by atoms with E-state index in [2.05, 4.69) is 15.5 Å². The largest absolute Gasteiger partial charge is 0.497 e. The fourth-order valence-electron chi connectivity index (χ4n) is 2.36. The van der Waals surface area contributed by atoms with Gasteiger partial charge in [-0.05, 0) is 50.2 Å². The summed E-state index contributed by atoms with van der Waals surface area (Å²) >= 11 is 1.51. The lowest BCUT2D eigenvalue weighted by atomic mass is 10.2. The van der Waals surface area contributed by atoms with Crippen molar-refractivity contribution in [3.63, 3.8) is 0 Å². The second kappa shape index (κ2) is 8.73. The van der Waals surface area contributed by atoms with Crippen molar-refractivity contribution in [1.82, 2.24) is 15.5 Å². The Hall–Kier alpha value is -2.80. The molecule has 0 aliphatic rings. The molecule has 3 rings (SSSR count). The van der Waals surface area contributed by atoms with Gasteiger partial charge in [-0.15, -0.1) is 11.8 Å². The normalized spacial score (nSPS) is 11.8. The maximum absolute atomic E-state index is 12.3. The number of nitrogens with one attached hydrogen (secondary N) is 1. The second-order valence-corrected chi connectivity index (χ2v) is 7.45. The molecule has 1 amide bonds. The molecule has 2 aromatic carbocycles. The maximum atomic E-state index is 12.3. The van der Waals surface area contributed by atoms with Gasteiger partial charge in [0.25, 0.3) is 0 Å². The number of nitrogens with zero attached hydrogens (tertiary/aromatic N) is 2. The maximum Gasteiger partial charge on any atom is 0.246 e. The van der Waals surface area contributed by atoms with Gasteiger partial charge in [0.1, 0.15) is 5.75 Å². The second-order valence-electron chi connectivity index (χ2n) is 6.03. The third kappa shape index (κ3) is 5.10. The first kappa shape index (κ1) is 19.0. The molecule has 0 saturated heterocycles. The van der Waals surface area contributed by atoms with Gasteiger partial charge >= 0.3 is 0 Å². The summed E-state index contributed by atoms with van der Waals surface area (Å²) in [4.78, 5) is 17.7. The minimum absolute atomic E-state index is 0.0789. The zero-order valence-electron chi connectivity index (χ0n) is 15.4. The Bertz CT molecular complexity index is 892. The van der Waals surface area contributed by atoms with Gasteiger partial charge in [-0.25, -0.2) is 0 Å². The summed E-state index contributed by atoms with van der Waals surface area (Å²) in [7, 11) is 1.61. The summed E-state index contributed by atoms with van der Waals surface area (Å²) < 4.78 is 10.4. The van der Waals surface area contributed by atoms with Crippen LogP contribution in [0.5, 0.6) is 5.75 Å². The van der Waals surface area contributed by atoms with Gasteiger partial charge in [-0.3, -0.25) is 4.79 Å². The number of rotatable bonds is 7. The highest BCUT2D eigenvalue weighted by atomic mass is 32.2. The average molecular weight is 383 g/mol. The molecule has 1 N–H and O–H groups in total. The molecule has 6 nitrogen and oxygen atoms in total. The number of benzene rings is 2. The molecule has 1 unspecified atom stereocenters. The summed E-state index contributed by atoms with van der Waals surface area (Å²) in [6.07, 6.45) is 0. The molecule has 27 heavy (non-hydrogen) atoms. The van der Waals surface area contributed by atoms with Crippen molar-refractivity contribution in [2.75, 3.05) is 7.11 Å². The van der Waals surface area contributed by atoms with E-state index in [0.717, 1.165) is 16.2 Å². The van der Waals surface area contributed by atoms with E-state index in [4.69, 9.17) is 9.26 Å². The van der Waals surface area contributed by atoms with E-state index in [0.29, 0.717) is 11.7 Å². The molecule has 1 aromatic heterocycles. The van der Waals surface area contributed by atoms with Gasteiger partial charge < -0.3 is 14.6 Å². The van der Waals surface area contributed by atoms with E-state index in [-0.39, 0.29) is 17.7 Å². The smallest absolute Gasteiger partial charge is 0.246 e. The van der Waals surface area contributed by atoms with E-state index < -0.39 is 0 Å². The van der Waals surface area contributed by atoms with Gasteiger partial charge in [0.2, 0.25) is 17.6 Å². The number of carbonyl (C=O) groups is 1. The van der Waals surface area contributed by atoms with Crippen LogP contribution in [0, 0.1) is 6.92 Å². The topological polar surface area (TPSA) is 77.3 Å². The van der Waals surface area contributed by atoms with Crippen LogP contribution in [-0.4, -0.2) is 28.4 Å². The number of amides is 1. The zero-order chi connectivity index (χ0) is 19.2. The molecule has 7 heteroatoms. The van der Waals surface area contributed by atoms with Crippen molar-refractivity contribution in [3.05, 3.63) is 60.0 Å². The Morgan fingerprint density at radius 1 is 1.19 bits per heavy atom. The molecule has 0 saturated carbocycles. The monoisotopic (exact) mass is 383 g/mol. The molecule has 3 aromatic rings. The van der Waals surface area contributed by atoms with Gasteiger partial charge in [-0.1, -0.05) is 22.9 Å². The first-order chi connectivity index (χ1) is 13.0. The Kier molecular flexibility index (Phi) is 6.13. The number of ether oxygens (including phenoxy) is 1. The van der Waals surface area contributed by atoms with E-state index in [1.54, 1.807) is 7.11 Å². The van der Waals surface area contributed by atoms with Crippen molar-refractivity contribution in [2.24, 2.45) is 0 Å². The molecule has 0 aliphatic carbocycles. The number of carbonyl (C=O) groups excluding carboxylic acids is 1. The molecule has 0 aliphatic heterocycles. The highest BCUT2D eigenvalue weighted by Gasteiger charge is 2.16. The molecule has 0 bridgehead atoms. The molecule has 0 radical (unpaired) electrons. The van der Waals surface area contributed by atoms with E-state index in [9.17, 15) is 4.79 Å². The Labute approximate surface area is 162 Å². The molecule has 0 spiro atoms. The van der Waals surface area contributed by atoms with Gasteiger partial charge in [0, 0.05) is 10.5 Å². The number of methoxy groups -OCH3 is 1. The summed E-state index contributed by atoms with van der Waals surface area (Å²) in [5.41, 5.74) is 2.01. The number of aromatic nitrogens is 2.